The average Bonchev–Trinajstić information content (AvgIpc) is 2.77. The molecule has 2 atom stereocenters. The summed E-state index contributed by atoms with van der Waals surface area (Å²) < 4.78 is 14.0. The Balaban J connectivity index is 2.29. The predicted molar refractivity (Wildman–Crippen MR) is 72.2 cm³/mol. The molecule has 2 nitrogen and oxygen atoms in total. The maximum absolute atomic E-state index is 14.0. The molecule has 3 heteroatoms. The van der Waals surface area contributed by atoms with Crippen LogP contribution in [0.4, 0.5) is 10.1 Å². The van der Waals surface area contributed by atoms with E-state index in [1.807, 2.05) is 6.07 Å². The molecular weight excluding hydrogens is 229 g/mol. The van der Waals surface area contributed by atoms with Crippen molar-refractivity contribution in [2.45, 2.75) is 33.3 Å². The maximum atomic E-state index is 14.0. The lowest BCUT2D eigenvalue weighted by atomic mass is 9.95. The van der Waals surface area contributed by atoms with E-state index in [1.165, 1.54) is 6.07 Å². The van der Waals surface area contributed by atoms with Crippen LogP contribution in [-0.2, 0) is 0 Å². The molecule has 100 valence electrons. The molecule has 0 bridgehead atoms. The quantitative estimate of drug-likeness (QED) is 0.890. The predicted octanol–water partition coefficient (Wildman–Crippen LogP) is 3.36. The van der Waals surface area contributed by atoms with Gasteiger partial charge in [-0.1, -0.05) is 26.0 Å². The second kappa shape index (κ2) is 5.27. The van der Waals surface area contributed by atoms with Crippen LogP contribution in [-0.4, -0.2) is 18.2 Å². The van der Waals surface area contributed by atoms with Crippen LogP contribution in [0.5, 0.6) is 0 Å². The molecule has 1 N–H and O–H groups in total. The normalized spacial score (nSPS) is 21.7. The van der Waals surface area contributed by atoms with E-state index in [0.29, 0.717) is 23.1 Å². The topological polar surface area (TPSA) is 23.5 Å². The number of halogens is 1. The second-order valence-electron chi connectivity index (χ2n) is 5.59. The molecule has 1 aliphatic heterocycles. The molecule has 2 rings (SSSR count). The zero-order valence-electron chi connectivity index (χ0n) is 11.4. The fourth-order valence-corrected chi connectivity index (χ4v) is 2.74. The third kappa shape index (κ3) is 2.51. The summed E-state index contributed by atoms with van der Waals surface area (Å²) in [4.78, 5) is 2.09. The van der Waals surface area contributed by atoms with Gasteiger partial charge in [0.1, 0.15) is 5.82 Å². The maximum Gasteiger partial charge on any atom is 0.146 e. The summed E-state index contributed by atoms with van der Waals surface area (Å²) in [5, 5.41) is 9.77. The van der Waals surface area contributed by atoms with Gasteiger partial charge in [-0.05, 0) is 31.2 Å². The molecule has 1 fully saturated rings. The van der Waals surface area contributed by atoms with E-state index in [4.69, 9.17) is 0 Å². The summed E-state index contributed by atoms with van der Waals surface area (Å²) >= 11 is 0. The van der Waals surface area contributed by atoms with E-state index < -0.39 is 6.10 Å². The number of nitrogens with zero attached hydrogens (tertiary/aromatic N) is 1. The van der Waals surface area contributed by atoms with Crippen LogP contribution in [0.2, 0.25) is 0 Å². The molecule has 0 aromatic heterocycles. The highest BCUT2D eigenvalue weighted by atomic mass is 19.1. The van der Waals surface area contributed by atoms with Crippen molar-refractivity contribution in [3.05, 3.63) is 29.6 Å². The van der Waals surface area contributed by atoms with Crippen molar-refractivity contribution in [1.82, 2.24) is 0 Å². The average molecular weight is 251 g/mol. The summed E-state index contributed by atoms with van der Waals surface area (Å²) in [6, 6.07) is 4.95. The van der Waals surface area contributed by atoms with Crippen LogP contribution in [0.3, 0.4) is 0 Å². The van der Waals surface area contributed by atoms with Gasteiger partial charge in [-0.2, -0.15) is 0 Å². The summed E-state index contributed by atoms with van der Waals surface area (Å²) in [6.45, 7) is 7.88. The molecule has 0 spiro atoms. The largest absolute Gasteiger partial charge is 0.389 e. The smallest absolute Gasteiger partial charge is 0.146 e. The van der Waals surface area contributed by atoms with Crippen LogP contribution in [0.25, 0.3) is 0 Å². The molecule has 1 aromatic carbocycles. The SMILES string of the molecule is CC(C)C1CCN(c2c(F)cccc2[C@H](C)O)C1. The van der Waals surface area contributed by atoms with Gasteiger partial charge in [0.15, 0.2) is 0 Å². The zero-order valence-corrected chi connectivity index (χ0v) is 11.4. The summed E-state index contributed by atoms with van der Waals surface area (Å²) in [6.07, 6.45) is 0.472. The first-order chi connectivity index (χ1) is 8.50. The Labute approximate surface area is 108 Å². The Kier molecular flexibility index (Phi) is 3.91. The Bertz CT molecular complexity index is 417. The minimum atomic E-state index is -0.631. The van der Waals surface area contributed by atoms with Crippen molar-refractivity contribution >= 4 is 5.69 Å². The molecule has 1 aromatic rings. The van der Waals surface area contributed by atoms with Crippen molar-refractivity contribution in [3.8, 4) is 0 Å². The monoisotopic (exact) mass is 251 g/mol. The molecule has 0 amide bonds. The first-order valence-electron chi connectivity index (χ1n) is 6.72. The number of aliphatic hydroxyl groups is 1. The number of hydrogen-bond donors (Lipinski definition) is 1. The van der Waals surface area contributed by atoms with Gasteiger partial charge < -0.3 is 10.0 Å². The Morgan fingerprint density at radius 3 is 2.61 bits per heavy atom. The molecule has 0 saturated carbocycles. The number of rotatable bonds is 3. The van der Waals surface area contributed by atoms with E-state index in [2.05, 4.69) is 18.7 Å². The van der Waals surface area contributed by atoms with Gasteiger partial charge in [-0.3, -0.25) is 0 Å². The minimum Gasteiger partial charge on any atom is -0.389 e. The van der Waals surface area contributed by atoms with Gasteiger partial charge in [0.05, 0.1) is 11.8 Å². The number of para-hydroxylation sites is 1. The molecule has 1 aliphatic rings. The highest BCUT2D eigenvalue weighted by Crippen LogP contribution is 2.34. The zero-order chi connectivity index (χ0) is 13.3. The summed E-state index contributed by atoms with van der Waals surface area (Å²) in [7, 11) is 0. The molecular formula is C15H22FNO. The summed E-state index contributed by atoms with van der Waals surface area (Å²) in [5.41, 5.74) is 1.29. The molecule has 0 radical (unpaired) electrons. The lowest BCUT2D eigenvalue weighted by molar-refractivity contribution is 0.199. The lowest BCUT2D eigenvalue weighted by Gasteiger charge is -2.24. The first kappa shape index (κ1) is 13.3. The van der Waals surface area contributed by atoms with E-state index in [1.54, 1.807) is 13.0 Å². The van der Waals surface area contributed by atoms with Gasteiger partial charge >= 0.3 is 0 Å². The van der Waals surface area contributed by atoms with E-state index >= 15 is 0 Å². The number of benzene rings is 1. The number of aliphatic hydroxyl groups excluding tert-OH is 1. The molecule has 1 unspecified atom stereocenters. The van der Waals surface area contributed by atoms with Gasteiger partial charge in [-0.25, -0.2) is 4.39 Å². The molecule has 1 saturated heterocycles. The summed E-state index contributed by atoms with van der Waals surface area (Å²) in [5.74, 6) is 1.01. The number of anilines is 1. The van der Waals surface area contributed by atoms with Crippen LogP contribution >= 0.6 is 0 Å². The van der Waals surface area contributed by atoms with Gasteiger partial charge in [0, 0.05) is 18.7 Å². The van der Waals surface area contributed by atoms with Crippen molar-refractivity contribution in [2.75, 3.05) is 18.0 Å². The van der Waals surface area contributed by atoms with E-state index in [-0.39, 0.29) is 5.82 Å². The molecule has 18 heavy (non-hydrogen) atoms. The third-order valence-corrected chi connectivity index (χ3v) is 3.95. The second-order valence-corrected chi connectivity index (χ2v) is 5.59. The van der Waals surface area contributed by atoms with Crippen LogP contribution < -0.4 is 4.90 Å². The lowest BCUT2D eigenvalue weighted by Crippen LogP contribution is -2.24. The van der Waals surface area contributed by atoms with Crippen molar-refractivity contribution < 1.29 is 9.50 Å². The van der Waals surface area contributed by atoms with Crippen LogP contribution in [0.15, 0.2) is 18.2 Å². The number of hydrogen-bond acceptors (Lipinski definition) is 2. The Hall–Kier alpha value is -1.09. The molecule has 0 aliphatic carbocycles. The third-order valence-electron chi connectivity index (χ3n) is 3.95. The molecule has 1 heterocycles. The van der Waals surface area contributed by atoms with Crippen molar-refractivity contribution in [2.24, 2.45) is 11.8 Å². The fourth-order valence-electron chi connectivity index (χ4n) is 2.74. The standard InChI is InChI=1S/C15H22FNO/c1-10(2)12-7-8-17(9-12)15-13(11(3)18)5-4-6-14(15)16/h4-6,10-12,18H,7-9H2,1-3H3/t11-,12?/m0/s1. The van der Waals surface area contributed by atoms with Crippen LogP contribution in [0, 0.1) is 17.7 Å². The first-order valence-corrected chi connectivity index (χ1v) is 6.72. The van der Waals surface area contributed by atoms with E-state index in [9.17, 15) is 9.50 Å². The van der Waals surface area contributed by atoms with E-state index in [0.717, 1.165) is 19.5 Å². The van der Waals surface area contributed by atoms with Gasteiger partial charge in [0.2, 0.25) is 0 Å². The van der Waals surface area contributed by atoms with Gasteiger partial charge in [-0.15, -0.1) is 0 Å². The highest BCUT2D eigenvalue weighted by molar-refractivity contribution is 5.56. The fraction of sp³-hybridized carbons (Fsp3) is 0.600. The van der Waals surface area contributed by atoms with Crippen molar-refractivity contribution in [1.29, 1.82) is 0 Å². The Morgan fingerprint density at radius 1 is 1.33 bits per heavy atom. The minimum absolute atomic E-state index is 0.224. The Morgan fingerprint density at radius 2 is 2.06 bits per heavy atom. The van der Waals surface area contributed by atoms with Crippen molar-refractivity contribution in [3.63, 3.8) is 0 Å². The van der Waals surface area contributed by atoms with Crippen LogP contribution in [0.1, 0.15) is 38.9 Å². The van der Waals surface area contributed by atoms with Gasteiger partial charge in [0.25, 0.3) is 0 Å². The highest BCUT2D eigenvalue weighted by Gasteiger charge is 2.28.